The van der Waals surface area contributed by atoms with Crippen LogP contribution in [0.4, 0.5) is 0 Å². The van der Waals surface area contributed by atoms with Crippen molar-refractivity contribution in [3.05, 3.63) is 24.3 Å². The van der Waals surface area contributed by atoms with Gasteiger partial charge in [-0.25, -0.2) is 0 Å². The maximum atomic E-state index is 12.7. The molecule has 1 N–H and O–H groups in total. The van der Waals surface area contributed by atoms with Crippen molar-refractivity contribution >= 4 is 11.8 Å². The largest absolute Gasteiger partial charge is 0.370 e. The number of rotatable bonds is 5. The summed E-state index contributed by atoms with van der Waals surface area (Å²) in [5.41, 5.74) is 0.492. The van der Waals surface area contributed by atoms with Crippen molar-refractivity contribution in [3.63, 3.8) is 0 Å². The molecular weight excluding hydrogens is 372 g/mol. The van der Waals surface area contributed by atoms with Crippen LogP contribution in [-0.4, -0.2) is 108 Å². The molecule has 1 unspecified atom stereocenters. The minimum atomic E-state index is -0.343. The van der Waals surface area contributed by atoms with Crippen LogP contribution in [0.1, 0.15) is 18.5 Å². The zero-order chi connectivity index (χ0) is 20.1. The number of carbonyl (C=O) groups is 2. The number of ether oxygens (including phenoxy) is 1. The molecule has 1 aromatic rings. The number of piperazine rings is 1. The van der Waals surface area contributed by atoms with E-state index < -0.39 is 0 Å². The Morgan fingerprint density at radius 3 is 2.72 bits per heavy atom. The standard InChI is InChI=1S/C20H30N6O3/c27-18(2-1-17-13-22-4-5-23-17)26-11-12-29-20(16-26)3-8-24(15-20)14-19(28)25-9-6-21-7-10-25/h4-5,13,21H,1-3,6-12,14-16H2. The third-order valence-electron chi connectivity index (χ3n) is 6.04. The normalized spacial score (nSPS) is 25.5. The highest BCUT2D eigenvalue weighted by molar-refractivity contribution is 5.78. The Bertz CT molecular complexity index is 711. The molecule has 3 saturated heterocycles. The average molecular weight is 402 g/mol. The molecule has 4 rings (SSSR count). The lowest BCUT2D eigenvalue weighted by Crippen LogP contribution is -2.55. The summed E-state index contributed by atoms with van der Waals surface area (Å²) in [5.74, 6) is 0.324. The molecule has 1 spiro atoms. The van der Waals surface area contributed by atoms with E-state index in [2.05, 4.69) is 20.2 Å². The van der Waals surface area contributed by atoms with Crippen LogP contribution in [0.5, 0.6) is 0 Å². The van der Waals surface area contributed by atoms with Crippen molar-refractivity contribution in [2.45, 2.75) is 24.9 Å². The first-order chi connectivity index (χ1) is 14.1. The number of carbonyl (C=O) groups excluding carboxylic acids is 2. The minimum absolute atomic E-state index is 0.133. The molecule has 158 valence electrons. The second-order valence-corrected chi connectivity index (χ2v) is 8.13. The van der Waals surface area contributed by atoms with E-state index >= 15 is 0 Å². The van der Waals surface area contributed by atoms with E-state index in [1.54, 1.807) is 18.6 Å². The van der Waals surface area contributed by atoms with Gasteiger partial charge in [-0.2, -0.15) is 0 Å². The van der Waals surface area contributed by atoms with Gasteiger partial charge in [-0.1, -0.05) is 0 Å². The molecule has 4 heterocycles. The fourth-order valence-corrected chi connectivity index (χ4v) is 4.42. The average Bonchev–Trinajstić information content (AvgIpc) is 3.14. The number of hydrogen-bond donors (Lipinski definition) is 1. The molecule has 29 heavy (non-hydrogen) atoms. The van der Waals surface area contributed by atoms with Crippen LogP contribution in [0.2, 0.25) is 0 Å². The van der Waals surface area contributed by atoms with Gasteiger partial charge in [0.2, 0.25) is 11.8 Å². The van der Waals surface area contributed by atoms with Crippen LogP contribution in [0.15, 0.2) is 18.6 Å². The van der Waals surface area contributed by atoms with E-state index in [0.29, 0.717) is 45.6 Å². The van der Waals surface area contributed by atoms with Crippen molar-refractivity contribution in [1.29, 1.82) is 0 Å². The number of likely N-dealkylation sites (tertiary alicyclic amines) is 1. The lowest BCUT2D eigenvalue weighted by atomic mass is 10.00. The van der Waals surface area contributed by atoms with Crippen LogP contribution in [0.25, 0.3) is 0 Å². The Balaban J connectivity index is 1.27. The van der Waals surface area contributed by atoms with E-state index in [0.717, 1.165) is 44.8 Å². The number of hydrogen-bond acceptors (Lipinski definition) is 7. The zero-order valence-corrected chi connectivity index (χ0v) is 16.9. The molecule has 0 aromatic carbocycles. The summed E-state index contributed by atoms with van der Waals surface area (Å²) in [6.07, 6.45) is 6.88. The number of nitrogens with one attached hydrogen (secondary N) is 1. The van der Waals surface area contributed by atoms with Gasteiger partial charge in [0.15, 0.2) is 0 Å². The monoisotopic (exact) mass is 402 g/mol. The van der Waals surface area contributed by atoms with E-state index in [9.17, 15) is 9.59 Å². The first-order valence-corrected chi connectivity index (χ1v) is 10.5. The molecule has 2 amide bonds. The van der Waals surface area contributed by atoms with Crippen molar-refractivity contribution in [2.75, 3.05) is 65.5 Å². The van der Waals surface area contributed by atoms with E-state index in [1.165, 1.54) is 0 Å². The van der Waals surface area contributed by atoms with Gasteiger partial charge in [-0.05, 0) is 12.8 Å². The number of aryl methyl sites for hydroxylation is 1. The number of aromatic nitrogens is 2. The molecule has 0 bridgehead atoms. The predicted molar refractivity (Wildman–Crippen MR) is 106 cm³/mol. The molecule has 1 aromatic heterocycles. The van der Waals surface area contributed by atoms with Gasteiger partial charge in [0.05, 0.1) is 31.0 Å². The molecule has 0 aliphatic carbocycles. The molecular formula is C20H30N6O3. The summed E-state index contributed by atoms with van der Waals surface area (Å²) in [6, 6.07) is 0. The van der Waals surface area contributed by atoms with Crippen LogP contribution in [-0.2, 0) is 20.7 Å². The summed E-state index contributed by atoms with van der Waals surface area (Å²) < 4.78 is 6.13. The van der Waals surface area contributed by atoms with Gasteiger partial charge >= 0.3 is 0 Å². The van der Waals surface area contributed by atoms with Gasteiger partial charge in [0, 0.05) is 70.8 Å². The second-order valence-electron chi connectivity index (χ2n) is 8.13. The number of morpholine rings is 1. The highest BCUT2D eigenvalue weighted by atomic mass is 16.5. The van der Waals surface area contributed by atoms with Crippen LogP contribution in [0.3, 0.4) is 0 Å². The Kier molecular flexibility index (Phi) is 6.37. The third kappa shape index (κ3) is 5.09. The molecule has 0 radical (unpaired) electrons. The Hall–Kier alpha value is -2.10. The second kappa shape index (κ2) is 9.15. The highest BCUT2D eigenvalue weighted by Crippen LogP contribution is 2.29. The maximum absolute atomic E-state index is 12.7. The molecule has 0 saturated carbocycles. The fourth-order valence-electron chi connectivity index (χ4n) is 4.42. The summed E-state index contributed by atoms with van der Waals surface area (Å²) in [5, 5.41) is 3.27. The van der Waals surface area contributed by atoms with Crippen LogP contribution >= 0.6 is 0 Å². The summed E-state index contributed by atoms with van der Waals surface area (Å²) in [6.45, 7) is 7.05. The topological polar surface area (TPSA) is 90.9 Å². The lowest BCUT2D eigenvalue weighted by molar-refractivity contribution is -0.149. The zero-order valence-electron chi connectivity index (χ0n) is 16.9. The minimum Gasteiger partial charge on any atom is -0.370 e. The van der Waals surface area contributed by atoms with Gasteiger partial charge in [-0.3, -0.25) is 24.5 Å². The van der Waals surface area contributed by atoms with Gasteiger partial charge < -0.3 is 19.9 Å². The molecule has 3 aliphatic heterocycles. The fraction of sp³-hybridized carbons (Fsp3) is 0.700. The lowest BCUT2D eigenvalue weighted by Gasteiger charge is -2.40. The van der Waals surface area contributed by atoms with Gasteiger partial charge in [-0.15, -0.1) is 0 Å². The van der Waals surface area contributed by atoms with E-state index in [-0.39, 0.29) is 17.4 Å². The highest BCUT2D eigenvalue weighted by Gasteiger charge is 2.44. The molecule has 3 aliphatic rings. The molecule has 9 nitrogen and oxygen atoms in total. The van der Waals surface area contributed by atoms with E-state index in [4.69, 9.17) is 4.74 Å². The van der Waals surface area contributed by atoms with Crippen molar-refractivity contribution < 1.29 is 14.3 Å². The van der Waals surface area contributed by atoms with Crippen LogP contribution < -0.4 is 5.32 Å². The van der Waals surface area contributed by atoms with Crippen LogP contribution in [0, 0.1) is 0 Å². The number of amides is 2. The Morgan fingerprint density at radius 1 is 1.07 bits per heavy atom. The third-order valence-corrected chi connectivity index (χ3v) is 6.04. The summed E-state index contributed by atoms with van der Waals surface area (Å²) in [4.78, 5) is 39.6. The maximum Gasteiger partial charge on any atom is 0.236 e. The SMILES string of the molecule is O=C(CN1CCC2(C1)CN(C(=O)CCc1cnccn1)CCO2)N1CCNCC1. The quantitative estimate of drug-likeness (QED) is 0.686. The van der Waals surface area contributed by atoms with Crippen molar-refractivity contribution in [3.8, 4) is 0 Å². The smallest absolute Gasteiger partial charge is 0.236 e. The van der Waals surface area contributed by atoms with Crippen molar-refractivity contribution in [2.24, 2.45) is 0 Å². The van der Waals surface area contributed by atoms with Gasteiger partial charge in [0.1, 0.15) is 0 Å². The van der Waals surface area contributed by atoms with Crippen molar-refractivity contribution in [1.82, 2.24) is 30.0 Å². The van der Waals surface area contributed by atoms with Gasteiger partial charge in [0.25, 0.3) is 0 Å². The predicted octanol–water partition coefficient (Wildman–Crippen LogP) is -0.856. The summed E-state index contributed by atoms with van der Waals surface area (Å²) in [7, 11) is 0. The Morgan fingerprint density at radius 2 is 1.93 bits per heavy atom. The molecule has 9 heteroatoms. The number of nitrogens with zero attached hydrogens (tertiary/aromatic N) is 5. The Labute approximate surface area is 171 Å². The first kappa shape index (κ1) is 20.2. The molecule has 3 fully saturated rings. The van der Waals surface area contributed by atoms with E-state index in [1.807, 2.05) is 9.80 Å². The summed E-state index contributed by atoms with van der Waals surface area (Å²) >= 11 is 0. The molecule has 1 atom stereocenters. The first-order valence-electron chi connectivity index (χ1n) is 10.5.